The Kier molecular flexibility index (Phi) is 4.20. The lowest BCUT2D eigenvalue weighted by Gasteiger charge is -2.30. The number of carbonyl (C=O) groups excluding carboxylic acids is 1. The molecule has 2 aromatic heterocycles. The summed E-state index contributed by atoms with van der Waals surface area (Å²) in [5.74, 6) is -0.0735. The maximum absolute atomic E-state index is 15.3. The second kappa shape index (κ2) is 6.84. The van der Waals surface area contributed by atoms with E-state index in [2.05, 4.69) is 26.7 Å². The minimum atomic E-state index is -1.25. The normalized spacial score (nSPS) is 29.6. The van der Waals surface area contributed by atoms with E-state index in [1.807, 2.05) is 0 Å². The van der Waals surface area contributed by atoms with Gasteiger partial charge in [0.1, 0.15) is 28.0 Å². The van der Waals surface area contributed by atoms with Crippen LogP contribution in [0.1, 0.15) is 30.6 Å². The van der Waals surface area contributed by atoms with Crippen LogP contribution in [0.2, 0.25) is 0 Å². The van der Waals surface area contributed by atoms with E-state index in [-0.39, 0.29) is 47.6 Å². The smallest absolute Gasteiger partial charge is 0.257 e. The summed E-state index contributed by atoms with van der Waals surface area (Å²) in [5.41, 5.74) is 0.124. The van der Waals surface area contributed by atoms with E-state index >= 15 is 4.39 Å². The quantitative estimate of drug-likeness (QED) is 0.554. The van der Waals surface area contributed by atoms with E-state index in [0.717, 1.165) is 5.57 Å². The van der Waals surface area contributed by atoms with Crippen molar-refractivity contribution >= 4 is 16.9 Å². The molecule has 6 rings (SSSR count). The summed E-state index contributed by atoms with van der Waals surface area (Å²) in [4.78, 5) is 17.2. The van der Waals surface area contributed by atoms with Crippen molar-refractivity contribution in [3.63, 3.8) is 0 Å². The molecule has 2 saturated carbocycles. The fourth-order valence-corrected chi connectivity index (χ4v) is 5.82. The molecule has 3 aromatic rings. The zero-order chi connectivity index (χ0) is 23.0. The van der Waals surface area contributed by atoms with E-state index in [1.165, 1.54) is 6.20 Å². The van der Waals surface area contributed by atoms with E-state index in [4.69, 9.17) is 9.37 Å². The minimum absolute atomic E-state index is 0.0186. The first-order valence-electron chi connectivity index (χ1n) is 11.0. The Morgan fingerprint density at radius 3 is 2.94 bits per heavy atom. The van der Waals surface area contributed by atoms with Crippen LogP contribution in [0, 0.1) is 23.7 Å². The average Bonchev–Trinajstić information content (AvgIpc) is 3.14. The van der Waals surface area contributed by atoms with Gasteiger partial charge in [-0.1, -0.05) is 6.08 Å². The highest BCUT2D eigenvalue weighted by atomic mass is 19.1. The molecule has 0 aliphatic heterocycles. The standard InChI is InChI=1S/C24H23FN4O4/c1-23(2,31)16-10-24(25)19-12(8-15(16)20(19)24)11-27-21(30)14-4-3-7-26-22(14)32-13-5-6-17-18(9-13)29-33-28-17/h3-9,15-16,19-20,31H,10-11H2,1-2H3,(H,27,30). The Labute approximate surface area is 188 Å². The van der Waals surface area contributed by atoms with Crippen LogP contribution in [-0.2, 0) is 0 Å². The Morgan fingerprint density at radius 1 is 1.33 bits per heavy atom. The van der Waals surface area contributed by atoms with Crippen LogP contribution >= 0.6 is 0 Å². The maximum Gasteiger partial charge on any atom is 0.257 e. The molecule has 5 atom stereocenters. The number of allylic oxidation sites excluding steroid dienone is 1. The van der Waals surface area contributed by atoms with Gasteiger partial charge in [-0.05, 0) is 72.3 Å². The van der Waals surface area contributed by atoms with Gasteiger partial charge in [-0.2, -0.15) is 0 Å². The van der Waals surface area contributed by atoms with E-state index in [0.29, 0.717) is 23.2 Å². The van der Waals surface area contributed by atoms with Gasteiger partial charge in [-0.3, -0.25) is 4.79 Å². The van der Waals surface area contributed by atoms with Crippen molar-refractivity contribution in [2.45, 2.75) is 31.5 Å². The Balaban J connectivity index is 1.17. The molecule has 170 valence electrons. The third-order valence-corrected chi connectivity index (χ3v) is 7.36. The molecule has 5 unspecified atom stereocenters. The number of halogens is 1. The Hall–Kier alpha value is -3.33. The van der Waals surface area contributed by atoms with Crippen LogP contribution in [0.3, 0.4) is 0 Å². The van der Waals surface area contributed by atoms with Crippen LogP contribution in [0.4, 0.5) is 4.39 Å². The minimum Gasteiger partial charge on any atom is -0.438 e. The Bertz CT molecular complexity index is 1300. The first-order valence-corrected chi connectivity index (χ1v) is 11.0. The highest BCUT2D eigenvalue weighted by Gasteiger charge is 2.78. The predicted molar refractivity (Wildman–Crippen MR) is 115 cm³/mol. The van der Waals surface area contributed by atoms with Crippen LogP contribution in [0.5, 0.6) is 11.6 Å². The van der Waals surface area contributed by atoms with Crippen LogP contribution in [-0.4, -0.2) is 44.1 Å². The number of hydrogen-bond donors (Lipinski definition) is 2. The fraction of sp³-hybridized carbons (Fsp3) is 0.417. The molecular weight excluding hydrogens is 427 g/mol. The lowest BCUT2D eigenvalue weighted by molar-refractivity contribution is -0.00292. The molecule has 0 spiro atoms. The van der Waals surface area contributed by atoms with Gasteiger partial charge in [0, 0.05) is 30.6 Å². The number of aromatic nitrogens is 3. The van der Waals surface area contributed by atoms with Crippen LogP contribution in [0.15, 0.2) is 52.8 Å². The molecule has 2 fully saturated rings. The number of carbonyl (C=O) groups is 1. The molecule has 0 bridgehead atoms. The van der Waals surface area contributed by atoms with Crippen molar-refractivity contribution in [3.05, 3.63) is 53.7 Å². The molecule has 1 amide bonds. The van der Waals surface area contributed by atoms with Gasteiger partial charge in [0.25, 0.3) is 5.91 Å². The summed E-state index contributed by atoms with van der Waals surface area (Å²) in [6.07, 6.45) is 3.97. The number of aliphatic hydroxyl groups is 1. The first-order chi connectivity index (χ1) is 15.8. The summed E-state index contributed by atoms with van der Waals surface area (Å²) in [6, 6.07) is 8.32. The number of fused-ring (bicyclic) bond motifs is 2. The SMILES string of the molecule is CC(C)(O)C1CC2(F)C3C(CNC(=O)c4cccnc4Oc4ccc5nonc5c4)=CC1C32. The Morgan fingerprint density at radius 2 is 2.15 bits per heavy atom. The fourth-order valence-electron chi connectivity index (χ4n) is 5.82. The summed E-state index contributed by atoms with van der Waals surface area (Å²) in [5, 5.41) is 20.9. The van der Waals surface area contributed by atoms with Gasteiger partial charge < -0.3 is 15.2 Å². The third-order valence-electron chi connectivity index (χ3n) is 7.36. The molecule has 8 nitrogen and oxygen atoms in total. The van der Waals surface area contributed by atoms with Gasteiger partial charge in [-0.25, -0.2) is 14.0 Å². The average molecular weight is 450 g/mol. The summed E-state index contributed by atoms with van der Waals surface area (Å²) < 4.78 is 25.9. The molecule has 2 N–H and O–H groups in total. The molecule has 1 aromatic carbocycles. The number of nitrogens with zero attached hydrogens (tertiary/aromatic N) is 3. The zero-order valence-corrected chi connectivity index (χ0v) is 18.2. The highest BCUT2D eigenvalue weighted by molar-refractivity contribution is 5.96. The molecule has 2 heterocycles. The monoisotopic (exact) mass is 450 g/mol. The zero-order valence-electron chi connectivity index (χ0n) is 18.2. The highest BCUT2D eigenvalue weighted by Crippen LogP contribution is 2.75. The molecular formula is C24H23FN4O4. The van der Waals surface area contributed by atoms with Crippen molar-refractivity contribution < 1.29 is 23.7 Å². The van der Waals surface area contributed by atoms with E-state index in [9.17, 15) is 9.90 Å². The summed E-state index contributed by atoms with van der Waals surface area (Å²) in [6.45, 7) is 3.75. The lowest BCUT2D eigenvalue weighted by Crippen LogP contribution is -2.34. The van der Waals surface area contributed by atoms with Gasteiger partial charge in [-0.15, -0.1) is 0 Å². The number of amides is 1. The maximum atomic E-state index is 15.3. The number of rotatable bonds is 6. The van der Waals surface area contributed by atoms with Crippen molar-refractivity contribution in [1.82, 2.24) is 20.6 Å². The molecule has 33 heavy (non-hydrogen) atoms. The van der Waals surface area contributed by atoms with Crippen LogP contribution in [0.25, 0.3) is 11.0 Å². The van der Waals surface area contributed by atoms with Crippen LogP contribution < -0.4 is 10.1 Å². The van der Waals surface area contributed by atoms with Crippen molar-refractivity contribution in [2.75, 3.05) is 6.54 Å². The molecule has 3 aliphatic carbocycles. The number of pyridine rings is 1. The van der Waals surface area contributed by atoms with Crippen molar-refractivity contribution in [1.29, 1.82) is 0 Å². The van der Waals surface area contributed by atoms with E-state index < -0.39 is 11.3 Å². The van der Waals surface area contributed by atoms with E-state index in [1.54, 1.807) is 44.2 Å². The first kappa shape index (κ1) is 20.3. The molecule has 0 saturated heterocycles. The second-order valence-electron chi connectivity index (χ2n) is 9.77. The predicted octanol–water partition coefficient (Wildman–Crippen LogP) is 3.44. The van der Waals surface area contributed by atoms with Gasteiger partial charge in [0.15, 0.2) is 0 Å². The number of hydrogen-bond acceptors (Lipinski definition) is 7. The summed E-state index contributed by atoms with van der Waals surface area (Å²) in [7, 11) is 0. The third kappa shape index (κ3) is 3.13. The molecule has 9 heteroatoms. The van der Waals surface area contributed by atoms with Crippen molar-refractivity contribution in [3.8, 4) is 11.6 Å². The number of alkyl halides is 1. The van der Waals surface area contributed by atoms with Gasteiger partial charge in [0.2, 0.25) is 5.88 Å². The molecule has 0 radical (unpaired) electrons. The van der Waals surface area contributed by atoms with Gasteiger partial charge >= 0.3 is 0 Å². The number of ether oxygens (including phenoxy) is 1. The van der Waals surface area contributed by atoms with Gasteiger partial charge in [0.05, 0.1) is 5.60 Å². The topological polar surface area (TPSA) is 110 Å². The number of nitrogens with one attached hydrogen (secondary N) is 1. The molecule has 3 aliphatic rings. The summed E-state index contributed by atoms with van der Waals surface area (Å²) >= 11 is 0. The lowest BCUT2D eigenvalue weighted by atomic mass is 9.80. The number of benzene rings is 1. The largest absolute Gasteiger partial charge is 0.438 e. The van der Waals surface area contributed by atoms with Crippen molar-refractivity contribution in [2.24, 2.45) is 23.7 Å². The second-order valence-corrected chi connectivity index (χ2v) is 9.77.